The Labute approximate surface area is 112 Å². The van der Waals surface area contributed by atoms with Crippen LogP contribution >= 0.6 is 11.8 Å². The van der Waals surface area contributed by atoms with Crippen LogP contribution in [0.25, 0.3) is 0 Å². The maximum atomic E-state index is 5.88. The summed E-state index contributed by atoms with van der Waals surface area (Å²) < 4.78 is 7.95. The van der Waals surface area contributed by atoms with Crippen LogP contribution in [0.15, 0.2) is 12.4 Å². The van der Waals surface area contributed by atoms with Gasteiger partial charge in [0.15, 0.2) is 0 Å². The standard InChI is InChI=1S/C13H21N3OS/c1-16-6-5-14-13(16)12-11(4-7-17-12)15-10-3-2-8-18-9-10/h5-6,10-12,15H,2-4,7-9H2,1H3/t10?,11-,12-/m0/s1. The normalized spacial score (nSPS) is 32.8. The number of hydrogen-bond acceptors (Lipinski definition) is 4. The van der Waals surface area contributed by atoms with Crippen LogP contribution in [0, 0.1) is 0 Å². The van der Waals surface area contributed by atoms with Crippen molar-refractivity contribution in [3.8, 4) is 0 Å². The summed E-state index contributed by atoms with van der Waals surface area (Å²) in [4.78, 5) is 4.43. The summed E-state index contributed by atoms with van der Waals surface area (Å²) in [6.07, 6.45) is 7.70. The lowest BCUT2D eigenvalue weighted by molar-refractivity contribution is 0.0874. The van der Waals surface area contributed by atoms with Crippen molar-refractivity contribution in [2.24, 2.45) is 7.05 Å². The molecular weight excluding hydrogens is 246 g/mol. The van der Waals surface area contributed by atoms with Crippen LogP contribution in [-0.4, -0.2) is 39.7 Å². The van der Waals surface area contributed by atoms with Gasteiger partial charge in [0.25, 0.3) is 0 Å². The number of hydrogen-bond donors (Lipinski definition) is 1. The van der Waals surface area contributed by atoms with Crippen LogP contribution in [0.4, 0.5) is 0 Å². The summed E-state index contributed by atoms with van der Waals surface area (Å²) in [5, 5.41) is 3.78. The van der Waals surface area contributed by atoms with Gasteiger partial charge < -0.3 is 14.6 Å². The molecule has 1 N–H and O–H groups in total. The third kappa shape index (κ3) is 2.58. The van der Waals surface area contributed by atoms with E-state index in [1.165, 1.54) is 24.3 Å². The molecule has 0 aromatic carbocycles. The minimum absolute atomic E-state index is 0.122. The van der Waals surface area contributed by atoms with Gasteiger partial charge in [-0.1, -0.05) is 0 Å². The Balaban J connectivity index is 1.66. The topological polar surface area (TPSA) is 39.1 Å². The fraction of sp³-hybridized carbons (Fsp3) is 0.769. The van der Waals surface area contributed by atoms with E-state index < -0.39 is 0 Å². The zero-order valence-electron chi connectivity index (χ0n) is 10.8. The molecule has 2 aliphatic heterocycles. The molecule has 3 atom stereocenters. The number of rotatable bonds is 3. The molecule has 2 fully saturated rings. The average Bonchev–Trinajstić information content (AvgIpc) is 2.99. The maximum Gasteiger partial charge on any atom is 0.139 e. The summed E-state index contributed by atoms with van der Waals surface area (Å²) in [5.74, 6) is 3.61. The minimum Gasteiger partial charge on any atom is -0.369 e. The van der Waals surface area contributed by atoms with Crippen molar-refractivity contribution in [1.29, 1.82) is 0 Å². The van der Waals surface area contributed by atoms with Gasteiger partial charge in [-0.15, -0.1) is 0 Å². The maximum absolute atomic E-state index is 5.88. The lowest BCUT2D eigenvalue weighted by Gasteiger charge is -2.28. The van der Waals surface area contributed by atoms with E-state index in [1.54, 1.807) is 0 Å². The third-order valence-corrected chi connectivity index (χ3v) is 5.03. The molecule has 3 heterocycles. The van der Waals surface area contributed by atoms with E-state index in [-0.39, 0.29) is 6.10 Å². The van der Waals surface area contributed by atoms with Crippen molar-refractivity contribution >= 4 is 11.8 Å². The smallest absolute Gasteiger partial charge is 0.139 e. The first-order valence-corrected chi connectivity index (χ1v) is 7.92. The number of ether oxygens (including phenoxy) is 1. The number of aryl methyl sites for hydroxylation is 1. The van der Waals surface area contributed by atoms with Gasteiger partial charge in [-0.25, -0.2) is 4.98 Å². The number of imidazole rings is 1. The number of nitrogens with one attached hydrogen (secondary N) is 1. The van der Waals surface area contributed by atoms with Crippen molar-refractivity contribution in [3.05, 3.63) is 18.2 Å². The van der Waals surface area contributed by atoms with Crippen molar-refractivity contribution < 1.29 is 4.74 Å². The van der Waals surface area contributed by atoms with Gasteiger partial charge in [-0.05, 0) is 25.0 Å². The van der Waals surface area contributed by atoms with Crippen LogP contribution in [0.1, 0.15) is 31.2 Å². The largest absolute Gasteiger partial charge is 0.369 e. The zero-order chi connectivity index (χ0) is 12.4. The molecule has 0 spiro atoms. The molecule has 0 radical (unpaired) electrons. The molecule has 18 heavy (non-hydrogen) atoms. The van der Waals surface area contributed by atoms with Gasteiger partial charge in [0.2, 0.25) is 0 Å². The Bertz CT molecular complexity index is 389. The highest BCUT2D eigenvalue weighted by molar-refractivity contribution is 7.99. The predicted molar refractivity (Wildman–Crippen MR) is 73.8 cm³/mol. The Kier molecular flexibility index (Phi) is 3.91. The van der Waals surface area contributed by atoms with Gasteiger partial charge in [-0.3, -0.25) is 0 Å². The van der Waals surface area contributed by atoms with Crippen LogP contribution in [0.2, 0.25) is 0 Å². The van der Waals surface area contributed by atoms with E-state index in [9.17, 15) is 0 Å². The van der Waals surface area contributed by atoms with E-state index in [0.717, 1.165) is 18.9 Å². The Hall–Kier alpha value is -0.520. The third-order valence-electron chi connectivity index (χ3n) is 3.81. The summed E-state index contributed by atoms with van der Waals surface area (Å²) >= 11 is 2.06. The first kappa shape index (κ1) is 12.5. The quantitative estimate of drug-likeness (QED) is 0.905. The molecule has 0 saturated carbocycles. The molecule has 1 aromatic heterocycles. The first-order valence-electron chi connectivity index (χ1n) is 6.77. The van der Waals surface area contributed by atoms with Gasteiger partial charge >= 0.3 is 0 Å². The summed E-state index contributed by atoms with van der Waals surface area (Å²) in [7, 11) is 2.04. The van der Waals surface area contributed by atoms with Crippen molar-refractivity contribution in [1.82, 2.24) is 14.9 Å². The van der Waals surface area contributed by atoms with Crippen molar-refractivity contribution in [3.63, 3.8) is 0 Å². The molecule has 5 heteroatoms. The lowest BCUT2D eigenvalue weighted by atomic mass is 10.1. The van der Waals surface area contributed by atoms with E-state index in [1.807, 2.05) is 19.4 Å². The molecule has 100 valence electrons. The van der Waals surface area contributed by atoms with E-state index >= 15 is 0 Å². The van der Waals surface area contributed by atoms with Gasteiger partial charge in [0.05, 0.1) is 0 Å². The van der Waals surface area contributed by atoms with Crippen molar-refractivity contribution in [2.45, 2.75) is 37.5 Å². The second-order valence-corrected chi connectivity index (χ2v) is 6.31. The van der Waals surface area contributed by atoms with E-state index in [2.05, 4.69) is 26.6 Å². The molecule has 2 saturated heterocycles. The number of aromatic nitrogens is 2. The molecule has 0 amide bonds. The second kappa shape index (κ2) is 5.63. The molecule has 0 aliphatic carbocycles. The predicted octanol–water partition coefficient (Wildman–Crippen LogP) is 1.74. The van der Waals surface area contributed by atoms with E-state index in [0.29, 0.717) is 12.1 Å². The molecule has 1 unspecified atom stereocenters. The molecule has 1 aromatic rings. The van der Waals surface area contributed by atoms with E-state index in [4.69, 9.17) is 4.74 Å². The summed E-state index contributed by atoms with van der Waals surface area (Å²) in [5.41, 5.74) is 0. The van der Waals surface area contributed by atoms with Gasteiger partial charge in [-0.2, -0.15) is 11.8 Å². The molecule has 0 bridgehead atoms. The number of nitrogens with zero attached hydrogens (tertiary/aromatic N) is 2. The highest BCUT2D eigenvalue weighted by Crippen LogP contribution is 2.29. The van der Waals surface area contributed by atoms with Crippen LogP contribution in [0.5, 0.6) is 0 Å². The average molecular weight is 267 g/mol. The molecule has 2 aliphatic rings. The molecular formula is C13H21N3OS. The van der Waals surface area contributed by atoms with Gasteiger partial charge in [0.1, 0.15) is 11.9 Å². The molecule has 4 nitrogen and oxygen atoms in total. The van der Waals surface area contributed by atoms with Crippen LogP contribution < -0.4 is 5.32 Å². The monoisotopic (exact) mass is 267 g/mol. The Morgan fingerprint density at radius 3 is 3.17 bits per heavy atom. The number of thioether (sulfide) groups is 1. The van der Waals surface area contributed by atoms with Gasteiger partial charge in [0, 0.05) is 43.9 Å². The van der Waals surface area contributed by atoms with Crippen LogP contribution in [0.3, 0.4) is 0 Å². The SMILES string of the molecule is Cn1ccnc1[C@H]1OCC[C@@H]1NC1CCCSC1. The highest BCUT2D eigenvalue weighted by Gasteiger charge is 2.33. The second-order valence-electron chi connectivity index (χ2n) is 5.16. The Morgan fingerprint density at radius 1 is 1.50 bits per heavy atom. The minimum atomic E-state index is 0.122. The highest BCUT2D eigenvalue weighted by atomic mass is 32.2. The van der Waals surface area contributed by atoms with Crippen molar-refractivity contribution in [2.75, 3.05) is 18.1 Å². The zero-order valence-corrected chi connectivity index (χ0v) is 11.7. The fourth-order valence-electron chi connectivity index (χ4n) is 2.84. The Morgan fingerprint density at radius 2 is 2.44 bits per heavy atom. The van der Waals surface area contributed by atoms with Crippen LogP contribution in [-0.2, 0) is 11.8 Å². The summed E-state index contributed by atoms with van der Waals surface area (Å²) in [6, 6.07) is 1.08. The molecule has 3 rings (SSSR count). The fourth-order valence-corrected chi connectivity index (χ4v) is 3.93. The lowest BCUT2D eigenvalue weighted by Crippen LogP contribution is -2.43. The first-order chi connectivity index (χ1) is 8.84. The summed E-state index contributed by atoms with van der Waals surface area (Å²) in [6.45, 7) is 0.842.